The van der Waals surface area contributed by atoms with E-state index in [9.17, 15) is 0 Å². The SMILES string of the molecule is CCC(C)(CNC(C)(C)C)CN(C)Cc1nccn1C. The monoisotopic (exact) mass is 280 g/mol. The standard InChI is InChI=1S/C16H32N4/c1-8-16(5,12-18-15(2,3)4)13-19(6)11-14-17-9-10-20(14)7/h9-10,18H,8,11-13H2,1-7H3. The minimum atomic E-state index is 0.175. The molecule has 1 aromatic heterocycles. The zero-order valence-corrected chi connectivity index (χ0v) is 14.3. The van der Waals surface area contributed by atoms with Crippen LogP contribution < -0.4 is 5.32 Å². The first-order valence-electron chi connectivity index (χ1n) is 7.55. The van der Waals surface area contributed by atoms with Crippen molar-refractivity contribution >= 4 is 0 Å². The van der Waals surface area contributed by atoms with Gasteiger partial charge in [-0.3, -0.25) is 4.90 Å². The van der Waals surface area contributed by atoms with Crippen LogP contribution >= 0.6 is 0 Å². The van der Waals surface area contributed by atoms with E-state index < -0.39 is 0 Å². The molecule has 4 nitrogen and oxygen atoms in total. The fourth-order valence-corrected chi connectivity index (χ4v) is 2.27. The van der Waals surface area contributed by atoms with Crippen molar-refractivity contribution in [3.8, 4) is 0 Å². The maximum absolute atomic E-state index is 4.40. The summed E-state index contributed by atoms with van der Waals surface area (Å²) in [5.74, 6) is 1.12. The Morgan fingerprint density at radius 3 is 2.40 bits per heavy atom. The molecule has 20 heavy (non-hydrogen) atoms. The van der Waals surface area contributed by atoms with Gasteiger partial charge in [-0.2, -0.15) is 0 Å². The van der Waals surface area contributed by atoms with Crippen LogP contribution in [0.25, 0.3) is 0 Å². The number of imidazole rings is 1. The Bertz CT molecular complexity index is 405. The third-order valence-electron chi connectivity index (χ3n) is 3.88. The maximum atomic E-state index is 4.40. The lowest BCUT2D eigenvalue weighted by atomic mass is 9.86. The van der Waals surface area contributed by atoms with Crippen LogP contribution in [0.1, 0.15) is 46.9 Å². The molecule has 1 unspecified atom stereocenters. The summed E-state index contributed by atoms with van der Waals surface area (Å²) in [7, 11) is 4.23. The number of hydrogen-bond acceptors (Lipinski definition) is 3. The molecule has 0 saturated carbocycles. The Balaban J connectivity index is 2.56. The van der Waals surface area contributed by atoms with Crippen LogP contribution in [0.4, 0.5) is 0 Å². The van der Waals surface area contributed by atoms with Gasteiger partial charge in [0.25, 0.3) is 0 Å². The van der Waals surface area contributed by atoms with Gasteiger partial charge in [0, 0.05) is 38.1 Å². The normalized spacial score (nSPS) is 15.6. The largest absolute Gasteiger partial charge is 0.337 e. The van der Waals surface area contributed by atoms with Crippen LogP contribution in [-0.4, -0.2) is 40.1 Å². The third-order valence-corrected chi connectivity index (χ3v) is 3.88. The van der Waals surface area contributed by atoms with Crippen LogP contribution in [0.3, 0.4) is 0 Å². The molecule has 0 aromatic carbocycles. The summed E-state index contributed by atoms with van der Waals surface area (Å²) in [6.45, 7) is 14.3. The minimum absolute atomic E-state index is 0.175. The molecule has 0 aliphatic carbocycles. The second kappa shape index (κ2) is 6.72. The first-order chi connectivity index (χ1) is 9.15. The van der Waals surface area contributed by atoms with Crippen molar-refractivity contribution < 1.29 is 0 Å². The maximum Gasteiger partial charge on any atom is 0.122 e. The van der Waals surface area contributed by atoms with Crippen LogP contribution in [0.15, 0.2) is 12.4 Å². The quantitative estimate of drug-likeness (QED) is 0.833. The topological polar surface area (TPSA) is 33.1 Å². The highest BCUT2D eigenvalue weighted by molar-refractivity contribution is 4.91. The lowest BCUT2D eigenvalue weighted by molar-refractivity contribution is 0.161. The molecular weight excluding hydrogens is 248 g/mol. The number of aryl methyl sites for hydroxylation is 1. The third kappa shape index (κ3) is 5.63. The number of nitrogens with zero attached hydrogens (tertiary/aromatic N) is 3. The molecule has 0 aliphatic heterocycles. The Morgan fingerprint density at radius 2 is 1.95 bits per heavy atom. The Kier molecular flexibility index (Phi) is 5.78. The molecule has 0 spiro atoms. The molecule has 0 aliphatic rings. The fraction of sp³-hybridized carbons (Fsp3) is 0.812. The van der Waals surface area contributed by atoms with Crippen molar-refractivity contribution in [2.24, 2.45) is 12.5 Å². The molecule has 116 valence electrons. The summed E-state index contributed by atoms with van der Waals surface area (Å²) in [5.41, 5.74) is 0.460. The smallest absolute Gasteiger partial charge is 0.122 e. The van der Waals surface area contributed by atoms with Crippen LogP contribution in [0, 0.1) is 5.41 Å². The summed E-state index contributed by atoms with van der Waals surface area (Å²) in [6.07, 6.45) is 5.04. The van der Waals surface area contributed by atoms with E-state index in [0.29, 0.717) is 0 Å². The van der Waals surface area contributed by atoms with E-state index in [2.05, 4.69) is 68.5 Å². The number of hydrogen-bond donors (Lipinski definition) is 1. The zero-order chi connectivity index (χ0) is 15.4. The average Bonchev–Trinajstić information content (AvgIpc) is 2.72. The van der Waals surface area contributed by atoms with Gasteiger partial charge < -0.3 is 9.88 Å². The molecule has 0 amide bonds. The zero-order valence-electron chi connectivity index (χ0n) is 14.3. The summed E-state index contributed by atoms with van der Waals surface area (Å²) in [4.78, 5) is 6.77. The van der Waals surface area contributed by atoms with Gasteiger partial charge in [0.1, 0.15) is 5.82 Å². The summed E-state index contributed by atoms with van der Waals surface area (Å²) in [5, 5.41) is 3.64. The molecular formula is C16H32N4. The van der Waals surface area contributed by atoms with Crippen molar-refractivity contribution in [2.45, 2.75) is 53.1 Å². The molecule has 0 saturated heterocycles. The molecule has 1 atom stereocenters. The van der Waals surface area contributed by atoms with E-state index in [0.717, 1.165) is 25.5 Å². The summed E-state index contributed by atoms with van der Waals surface area (Å²) in [6, 6.07) is 0. The Morgan fingerprint density at radius 1 is 1.30 bits per heavy atom. The predicted octanol–water partition coefficient (Wildman–Crippen LogP) is 2.66. The lowest BCUT2D eigenvalue weighted by Crippen LogP contribution is -2.46. The van der Waals surface area contributed by atoms with Gasteiger partial charge in [-0.05, 0) is 39.7 Å². The number of rotatable bonds is 7. The van der Waals surface area contributed by atoms with Crippen LogP contribution in [0.2, 0.25) is 0 Å². The minimum Gasteiger partial charge on any atom is -0.337 e. The van der Waals surface area contributed by atoms with Crippen LogP contribution in [0.5, 0.6) is 0 Å². The van der Waals surface area contributed by atoms with Gasteiger partial charge in [0.2, 0.25) is 0 Å². The molecule has 0 fully saturated rings. The molecule has 1 aromatic rings. The van der Waals surface area contributed by atoms with Gasteiger partial charge in [0.15, 0.2) is 0 Å². The molecule has 0 bridgehead atoms. The van der Waals surface area contributed by atoms with E-state index in [1.165, 1.54) is 6.42 Å². The van der Waals surface area contributed by atoms with Crippen molar-refractivity contribution in [3.63, 3.8) is 0 Å². The van der Waals surface area contributed by atoms with Gasteiger partial charge in [-0.15, -0.1) is 0 Å². The van der Waals surface area contributed by atoms with E-state index in [1.807, 2.05) is 12.4 Å². The molecule has 4 heteroatoms. The highest BCUT2D eigenvalue weighted by atomic mass is 15.2. The highest BCUT2D eigenvalue weighted by Crippen LogP contribution is 2.23. The summed E-state index contributed by atoms with van der Waals surface area (Å²) < 4.78 is 2.09. The van der Waals surface area contributed by atoms with E-state index >= 15 is 0 Å². The number of aromatic nitrogens is 2. The second-order valence-corrected chi connectivity index (χ2v) is 7.39. The van der Waals surface area contributed by atoms with Crippen molar-refractivity contribution in [1.29, 1.82) is 0 Å². The number of nitrogens with one attached hydrogen (secondary N) is 1. The Hall–Kier alpha value is -0.870. The van der Waals surface area contributed by atoms with Gasteiger partial charge in [-0.1, -0.05) is 13.8 Å². The molecule has 1 N–H and O–H groups in total. The predicted molar refractivity (Wildman–Crippen MR) is 85.7 cm³/mol. The fourth-order valence-electron chi connectivity index (χ4n) is 2.27. The molecule has 0 radical (unpaired) electrons. The highest BCUT2D eigenvalue weighted by Gasteiger charge is 2.26. The first kappa shape index (κ1) is 17.2. The lowest BCUT2D eigenvalue weighted by Gasteiger charge is -2.36. The second-order valence-electron chi connectivity index (χ2n) is 7.39. The van der Waals surface area contributed by atoms with Gasteiger partial charge in [-0.25, -0.2) is 4.98 Å². The Labute approximate surface area is 124 Å². The van der Waals surface area contributed by atoms with Crippen molar-refractivity contribution in [2.75, 3.05) is 20.1 Å². The molecule has 1 heterocycles. The first-order valence-corrected chi connectivity index (χ1v) is 7.55. The van der Waals surface area contributed by atoms with E-state index in [1.54, 1.807) is 0 Å². The van der Waals surface area contributed by atoms with Gasteiger partial charge >= 0.3 is 0 Å². The summed E-state index contributed by atoms with van der Waals surface area (Å²) >= 11 is 0. The molecule has 1 rings (SSSR count). The van der Waals surface area contributed by atoms with E-state index in [4.69, 9.17) is 0 Å². The van der Waals surface area contributed by atoms with Crippen molar-refractivity contribution in [3.05, 3.63) is 18.2 Å². The van der Waals surface area contributed by atoms with Gasteiger partial charge in [0.05, 0.1) is 6.54 Å². The average molecular weight is 280 g/mol. The van der Waals surface area contributed by atoms with E-state index in [-0.39, 0.29) is 11.0 Å². The van der Waals surface area contributed by atoms with Crippen molar-refractivity contribution in [1.82, 2.24) is 19.8 Å². The van der Waals surface area contributed by atoms with Crippen LogP contribution in [-0.2, 0) is 13.6 Å².